The van der Waals surface area contributed by atoms with Crippen LogP contribution in [0.2, 0.25) is 0 Å². The molecule has 8 heteroatoms. The number of carboxylic acids is 1. The normalized spacial score (nSPS) is 21.5. The SMILES string of the molecule is C[C@@H]1CN([C@H](c2ccc(C(=O)N3CCC(C(=O)O)CC3)cc2)c2cccc(O)c2)[C@@H](C)CN1Cc1cccc(F)c1. The van der Waals surface area contributed by atoms with E-state index < -0.39 is 5.97 Å². The Balaban J connectivity index is 1.36. The summed E-state index contributed by atoms with van der Waals surface area (Å²) in [5.41, 5.74) is 3.53. The Morgan fingerprint density at radius 3 is 2.27 bits per heavy atom. The number of phenols is 1. The van der Waals surface area contributed by atoms with E-state index in [1.807, 2.05) is 42.5 Å². The summed E-state index contributed by atoms with van der Waals surface area (Å²) in [6.45, 7) is 7.52. The molecule has 0 bridgehead atoms. The molecule has 0 aromatic heterocycles. The van der Waals surface area contributed by atoms with Crippen LogP contribution in [-0.4, -0.2) is 75.1 Å². The Labute approximate surface area is 240 Å². The van der Waals surface area contributed by atoms with Gasteiger partial charge in [0, 0.05) is 50.4 Å². The van der Waals surface area contributed by atoms with Gasteiger partial charge in [0.05, 0.1) is 12.0 Å². The molecule has 0 spiro atoms. The standard InChI is InChI=1S/C33H38FN3O4/c1-22-20-37(23(2)19-36(22)21-24-5-3-7-29(34)17-24)31(28-6-4-8-30(38)18-28)25-9-11-26(12-10-25)32(39)35-15-13-27(14-16-35)33(40)41/h3-12,17-18,22-23,27,31,38H,13-16,19-21H2,1-2H3,(H,40,41)/t22-,23+,31-/m1/s1. The van der Waals surface area contributed by atoms with Gasteiger partial charge in [-0.2, -0.15) is 0 Å². The van der Waals surface area contributed by atoms with Gasteiger partial charge in [-0.1, -0.05) is 36.4 Å². The summed E-state index contributed by atoms with van der Waals surface area (Å²) < 4.78 is 13.8. The van der Waals surface area contributed by atoms with Crippen LogP contribution in [0.5, 0.6) is 5.75 Å². The molecule has 41 heavy (non-hydrogen) atoms. The number of amides is 1. The fraction of sp³-hybridized carbons (Fsp3) is 0.394. The predicted octanol–water partition coefficient (Wildman–Crippen LogP) is 5.15. The van der Waals surface area contributed by atoms with Gasteiger partial charge in [-0.15, -0.1) is 0 Å². The van der Waals surface area contributed by atoms with Gasteiger partial charge in [-0.25, -0.2) is 4.39 Å². The fourth-order valence-corrected chi connectivity index (χ4v) is 6.27. The maximum atomic E-state index is 13.8. The first-order chi connectivity index (χ1) is 19.7. The van der Waals surface area contributed by atoms with E-state index in [-0.39, 0.29) is 41.5 Å². The molecule has 2 N–H and O–H groups in total. The van der Waals surface area contributed by atoms with E-state index in [9.17, 15) is 24.2 Å². The molecule has 0 aliphatic carbocycles. The lowest BCUT2D eigenvalue weighted by Crippen LogP contribution is -2.56. The Bertz CT molecular complexity index is 1370. The Morgan fingerprint density at radius 1 is 0.902 bits per heavy atom. The summed E-state index contributed by atoms with van der Waals surface area (Å²) in [6.07, 6.45) is 0.944. The van der Waals surface area contributed by atoms with Gasteiger partial charge in [0.15, 0.2) is 0 Å². The molecular formula is C33H38FN3O4. The van der Waals surface area contributed by atoms with Gasteiger partial charge in [0.2, 0.25) is 0 Å². The molecular weight excluding hydrogens is 521 g/mol. The molecule has 2 aliphatic rings. The third-order valence-electron chi connectivity index (χ3n) is 8.56. The Kier molecular flexibility index (Phi) is 8.71. The zero-order valence-corrected chi connectivity index (χ0v) is 23.6. The minimum Gasteiger partial charge on any atom is -0.508 e. The molecule has 3 aromatic rings. The molecule has 5 rings (SSSR count). The van der Waals surface area contributed by atoms with E-state index in [2.05, 4.69) is 23.6 Å². The summed E-state index contributed by atoms with van der Waals surface area (Å²) in [7, 11) is 0. The van der Waals surface area contributed by atoms with E-state index in [0.717, 1.165) is 29.8 Å². The number of hydrogen-bond donors (Lipinski definition) is 2. The number of aliphatic carboxylic acids is 1. The van der Waals surface area contributed by atoms with Crippen molar-refractivity contribution < 1.29 is 24.2 Å². The van der Waals surface area contributed by atoms with Gasteiger partial charge < -0.3 is 15.1 Å². The van der Waals surface area contributed by atoms with Crippen LogP contribution >= 0.6 is 0 Å². The summed E-state index contributed by atoms with van der Waals surface area (Å²) in [5.74, 6) is -1.28. The Hall–Kier alpha value is -3.75. The third kappa shape index (κ3) is 6.60. The van der Waals surface area contributed by atoms with Crippen molar-refractivity contribution in [1.82, 2.24) is 14.7 Å². The van der Waals surface area contributed by atoms with Crippen molar-refractivity contribution in [2.45, 2.75) is 51.4 Å². The number of likely N-dealkylation sites (tertiary alicyclic amines) is 1. The van der Waals surface area contributed by atoms with Gasteiger partial charge in [-0.05, 0) is 79.8 Å². The number of piperidine rings is 1. The molecule has 2 fully saturated rings. The second-order valence-corrected chi connectivity index (χ2v) is 11.5. The van der Waals surface area contributed by atoms with Crippen LogP contribution in [0, 0.1) is 11.7 Å². The molecule has 0 radical (unpaired) electrons. The summed E-state index contributed by atoms with van der Waals surface area (Å²) in [5, 5.41) is 19.6. The minimum absolute atomic E-state index is 0.0813. The highest BCUT2D eigenvalue weighted by molar-refractivity contribution is 5.94. The van der Waals surface area contributed by atoms with Crippen molar-refractivity contribution >= 4 is 11.9 Å². The van der Waals surface area contributed by atoms with Crippen LogP contribution in [0.15, 0.2) is 72.8 Å². The number of phenolic OH excluding ortho intramolecular Hbond substituents is 1. The van der Waals surface area contributed by atoms with E-state index in [1.54, 1.807) is 29.2 Å². The molecule has 7 nitrogen and oxygen atoms in total. The second-order valence-electron chi connectivity index (χ2n) is 11.5. The van der Waals surface area contributed by atoms with Crippen LogP contribution < -0.4 is 0 Å². The quantitative estimate of drug-likeness (QED) is 0.417. The van der Waals surface area contributed by atoms with Crippen molar-refractivity contribution in [2.75, 3.05) is 26.2 Å². The highest BCUT2D eigenvalue weighted by Crippen LogP contribution is 2.35. The number of carbonyl (C=O) groups excluding carboxylic acids is 1. The van der Waals surface area contributed by atoms with Crippen LogP contribution in [0.25, 0.3) is 0 Å². The summed E-state index contributed by atoms with van der Waals surface area (Å²) in [4.78, 5) is 31.0. The second kappa shape index (κ2) is 12.4. The average molecular weight is 560 g/mol. The van der Waals surface area contributed by atoms with Gasteiger partial charge >= 0.3 is 5.97 Å². The maximum absolute atomic E-state index is 13.8. The maximum Gasteiger partial charge on any atom is 0.306 e. The first-order valence-electron chi connectivity index (χ1n) is 14.3. The smallest absolute Gasteiger partial charge is 0.306 e. The van der Waals surface area contributed by atoms with Gasteiger partial charge in [0.25, 0.3) is 5.91 Å². The molecule has 1 amide bonds. The Morgan fingerprint density at radius 2 is 1.61 bits per heavy atom. The van der Waals surface area contributed by atoms with E-state index in [1.165, 1.54) is 6.07 Å². The number of rotatable bonds is 7. The number of benzene rings is 3. The number of piperazine rings is 1. The zero-order valence-electron chi connectivity index (χ0n) is 23.6. The van der Waals surface area contributed by atoms with Crippen molar-refractivity contribution in [3.8, 4) is 5.75 Å². The molecule has 216 valence electrons. The van der Waals surface area contributed by atoms with Crippen LogP contribution in [0.1, 0.15) is 59.8 Å². The summed E-state index contributed by atoms with van der Waals surface area (Å²) in [6, 6.07) is 22.0. The molecule has 2 heterocycles. The topological polar surface area (TPSA) is 84.3 Å². The first-order valence-corrected chi connectivity index (χ1v) is 14.3. The largest absolute Gasteiger partial charge is 0.508 e. The zero-order chi connectivity index (χ0) is 29.1. The van der Waals surface area contributed by atoms with Gasteiger partial charge in [-0.3, -0.25) is 19.4 Å². The number of carboxylic acid groups (broad SMARTS) is 1. The van der Waals surface area contributed by atoms with E-state index >= 15 is 0 Å². The molecule has 2 aliphatic heterocycles. The monoisotopic (exact) mass is 559 g/mol. The highest BCUT2D eigenvalue weighted by Gasteiger charge is 2.35. The van der Waals surface area contributed by atoms with Crippen molar-refractivity contribution in [2.24, 2.45) is 5.92 Å². The lowest BCUT2D eigenvalue weighted by atomic mass is 9.92. The molecule has 0 saturated carbocycles. The van der Waals surface area contributed by atoms with Crippen LogP contribution in [-0.2, 0) is 11.3 Å². The third-order valence-corrected chi connectivity index (χ3v) is 8.56. The number of halogens is 1. The highest BCUT2D eigenvalue weighted by atomic mass is 19.1. The average Bonchev–Trinajstić information content (AvgIpc) is 2.96. The fourth-order valence-electron chi connectivity index (χ4n) is 6.27. The predicted molar refractivity (Wildman–Crippen MR) is 155 cm³/mol. The molecule has 3 aromatic carbocycles. The van der Waals surface area contributed by atoms with Crippen molar-refractivity contribution in [3.05, 3.63) is 101 Å². The minimum atomic E-state index is -0.794. The van der Waals surface area contributed by atoms with E-state index in [4.69, 9.17) is 0 Å². The number of aromatic hydroxyl groups is 1. The lowest BCUT2D eigenvalue weighted by molar-refractivity contribution is -0.143. The van der Waals surface area contributed by atoms with Crippen LogP contribution in [0.4, 0.5) is 4.39 Å². The number of nitrogens with zero attached hydrogens (tertiary/aromatic N) is 3. The molecule has 3 atom stereocenters. The molecule has 0 unspecified atom stereocenters. The van der Waals surface area contributed by atoms with Crippen molar-refractivity contribution in [3.63, 3.8) is 0 Å². The number of carbonyl (C=O) groups is 2. The van der Waals surface area contributed by atoms with Crippen molar-refractivity contribution in [1.29, 1.82) is 0 Å². The number of hydrogen-bond acceptors (Lipinski definition) is 5. The van der Waals surface area contributed by atoms with E-state index in [0.29, 0.717) is 38.0 Å². The van der Waals surface area contributed by atoms with Crippen LogP contribution in [0.3, 0.4) is 0 Å². The molecule has 2 saturated heterocycles. The van der Waals surface area contributed by atoms with Gasteiger partial charge in [0.1, 0.15) is 11.6 Å². The summed E-state index contributed by atoms with van der Waals surface area (Å²) >= 11 is 0. The first kappa shape index (κ1) is 28.8. The lowest BCUT2D eigenvalue weighted by Gasteiger charge is -2.47.